The highest BCUT2D eigenvalue weighted by atomic mass is 16.5. The molecule has 0 fully saturated rings. The van der Waals surface area contributed by atoms with Crippen LogP contribution in [0.25, 0.3) is 0 Å². The molecule has 3 nitrogen and oxygen atoms in total. The van der Waals surface area contributed by atoms with Gasteiger partial charge in [-0.2, -0.15) is 0 Å². The lowest BCUT2D eigenvalue weighted by atomic mass is 9.89. The number of rotatable bonds is 9. The molecule has 1 aromatic rings. The summed E-state index contributed by atoms with van der Waals surface area (Å²) in [6.45, 7) is 10.2. The van der Waals surface area contributed by atoms with Crippen LogP contribution in [-0.2, 0) is 6.54 Å². The standard InChI is InChI=1S/C17H29NO2/c1-6-17(7-2,8-3)18-13-14-10-11-15(20-9-4)16(12-14)19-5/h10-12,18H,6-9,13H2,1-5H3. The molecule has 0 aromatic heterocycles. The van der Waals surface area contributed by atoms with Crippen molar-refractivity contribution in [2.24, 2.45) is 0 Å². The fourth-order valence-electron chi connectivity index (χ4n) is 2.51. The highest BCUT2D eigenvalue weighted by molar-refractivity contribution is 5.43. The normalized spacial score (nSPS) is 11.4. The quantitative estimate of drug-likeness (QED) is 0.736. The van der Waals surface area contributed by atoms with Crippen molar-refractivity contribution >= 4 is 0 Å². The minimum absolute atomic E-state index is 0.242. The van der Waals surface area contributed by atoms with Crippen molar-refractivity contribution in [2.45, 2.75) is 59.0 Å². The summed E-state index contributed by atoms with van der Waals surface area (Å²) in [4.78, 5) is 0. The van der Waals surface area contributed by atoms with Crippen LogP contribution in [0.15, 0.2) is 18.2 Å². The second-order valence-corrected chi connectivity index (χ2v) is 5.11. The molecule has 0 atom stereocenters. The Morgan fingerprint density at radius 1 is 1.00 bits per heavy atom. The molecule has 0 amide bonds. The summed E-state index contributed by atoms with van der Waals surface area (Å²) in [6, 6.07) is 6.15. The molecule has 0 radical (unpaired) electrons. The Balaban J connectivity index is 2.78. The molecule has 0 aliphatic rings. The molecular formula is C17H29NO2. The van der Waals surface area contributed by atoms with E-state index < -0.39 is 0 Å². The van der Waals surface area contributed by atoms with Crippen molar-refractivity contribution in [2.75, 3.05) is 13.7 Å². The summed E-state index contributed by atoms with van der Waals surface area (Å²) in [7, 11) is 1.68. The first kappa shape index (κ1) is 16.8. The van der Waals surface area contributed by atoms with Crippen molar-refractivity contribution in [3.8, 4) is 11.5 Å². The molecule has 0 saturated heterocycles. The van der Waals surface area contributed by atoms with Gasteiger partial charge in [-0.05, 0) is 43.9 Å². The van der Waals surface area contributed by atoms with E-state index in [2.05, 4.69) is 38.2 Å². The molecule has 0 heterocycles. The van der Waals surface area contributed by atoms with Crippen LogP contribution >= 0.6 is 0 Å². The van der Waals surface area contributed by atoms with Gasteiger partial charge in [-0.15, -0.1) is 0 Å². The number of benzene rings is 1. The monoisotopic (exact) mass is 279 g/mol. The van der Waals surface area contributed by atoms with Gasteiger partial charge in [0.25, 0.3) is 0 Å². The van der Waals surface area contributed by atoms with Crippen LogP contribution in [0.5, 0.6) is 11.5 Å². The van der Waals surface area contributed by atoms with E-state index in [1.54, 1.807) is 7.11 Å². The Hall–Kier alpha value is -1.22. The van der Waals surface area contributed by atoms with Gasteiger partial charge in [0, 0.05) is 12.1 Å². The van der Waals surface area contributed by atoms with Crippen LogP contribution in [0, 0.1) is 0 Å². The smallest absolute Gasteiger partial charge is 0.161 e. The Labute approximate surface area is 123 Å². The van der Waals surface area contributed by atoms with E-state index in [1.165, 1.54) is 5.56 Å². The van der Waals surface area contributed by atoms with E-state index in [0.717, 1.165) is 37.3 Å². The third-order valence-corrected chi connectivity index (χ3v) is 4.23. The molecular weight excluding hydrogens is 250 g/mol. The molecule has 1 rings (SSSR count). The fraction of sp³-hybridized carbons (Fsp3) is 0.647. The molecule has 20 heavy (non-hydrogen) atoms. The topological polar surface area (TPSA) is 30.5 Å². The highest BCUT2D eigenvalue weighted by Gasteiger charge is 2.22. The molecule has 0 bridgehead atoms. The number of nitrogens with one attached hydrogen (secondary N) is 1. The van der Waals surface area contributed by atoms with Crippen LogP contribution in [-0.4, -0.2) is 19.3 Å². The number of hydrogen-bond acceptors (Lipinski definition) is 3. The average Bonchev–Trinajstić information content (AvgIpc) is 2.50. The summed E-state index contributed by atoms with van der Waals surface area (Å²) in [5.74, 6) is 1.62. The third kappa shape index (κ3) is 4.14. The Kier molecular flexibility index (Phi) is 6.86. The van der Waals surface area contributed by atoms with Gasteiger partial charge in [0.2, 0.25) is 0 Å². The first-order valence-corrected chi connectivity index (χ1v) is 7.69. The molecule has 0 saturated carbocycles. The van der Waals surface area contributed by atoms with Gasteiger partial charge in [-0.25, -0.2) is 0 Å². The zero-order chi connectivity index (χ0) is 15.0. The van der Waals surface area contributed by atoms with Gasteiger partial charge < -0.3 is 14.8 Å². The summed E-state index contributed by atoms with van der Waals surface area (Å²) in [5.41, 5.74) is 1.47. The lowest BCUT2D eigenvalue weighted by Crippen LogP contribution is -2.43. The molecule has 1 N–H and O–H groups in total. The first-order valence-electron chi connectivity index (χ1n) is 7.69. The van der Waals surface area contributed by atoms with Crippen LogP contribution in [0.2, 0.25) is 0 Å². The van der Waals surface area contributed by atoms with Crippen molar-refractivity contribution < 1.29 is 9.47 Å². The van der Waals surface area contributed by atoms with Crippen LogP contribution in [0.1, 0.15) is 52.5 Å². The van der Waals surface area contributed by atoms with Crippen molar-refractivity contribution in [1.82, 2.24) is 5.32 Å². The lowest BCUT2D eigenvalue weighted by Gasteiger charge is -2.32. The van der Waals surface area contributed by atoms with Gasteiger partial charge in [0.15, 0.2) is 11.5 Å². The van der Waals surface area contributed by atoms with Gasteiger partial charge in [0.1, 0.15) is 0 Å². The molecule has 3 heteroatoms. The van der Waals surface area contributed by atoms with Crippen molar-refractivity contribution in [1.29, 1.82) is 0 Å². The van der Waals surface area contributed by atoms with Gasteiger partial charge in [0.05, 0.1) is 13.7 Å². The SMILES string of the molecule is CCOc1ccc(CNC(CC)(CC)CC)cc1OC. The summed E-state index contributed by atoms with van der Waals surface area (Å²) in [5, 5.41) is 3.70. The summed E-state index contributed by atoms with van der Waals surface area (Å²) < 4.78 is 10.9. The molecule has 0 unspecified atom stereocenters. The van der Waals surface area contributed by atoms with Crippen molar-refractivity contribution in [3.63, 3.8) is 0 Å². The van der Waals surface area contributed by atoms with E-state index in [9.17, 15) is 0 Å². The zero-order valence-corrected chi connectivity index (χ0v) is 13.6. The molecule has 1 aromatic carbocycles. The minimum Gasteiger partial charge on any atom is -0.493 e. The summed E-state index contributed by atoms with van der Waals surface area (Å²) >= 11 is 0. The second-order valence-electron chi connectivity index (χ2n) is 5.11. The predicted octanol–water partition coefficient (Wildman–Crippen LogP) is 4.15. The first-order chi connectivity index (χ1) is 9.64. The average molecular weight is 279 g/mol. The maximum absolute atomic E-state index is 5.55. The molecule has 0 aliphatic carbocycles. The molecule has 0 aliphatic heterocycles. The van der Waals surface area contributed by atoms with Crippen molar-refractivity contribution in [3.05, 3.63) is 23.8 Å². The Morgan fingerprint density at radius 3 is 2.15 bits per heavy atom. The predicted molar refractivity (Wildman–Crippen MR) is 84.6 cm³/mol. The molecule has 114 valence electrons. The fourth-order valence-corrected chi connectivity index (χ4v) is 2.51. The van der Waals surface area contributed by atoms with E-state index in [0.29, 0.717) is 6.61 Å². The van der Waals surface area contributed by atoms with E-state index in [1.807, 2.05) is 13.0 Å². The third-order valence-electron chi connectivity index (χ3n) is 4.23. The van der Waals surface area contributed by atoms with E-state index >= 15 is 0 Å². The van der Waals surface area contributed by atoms with E-state index in [-0.39, 0.29) is 5.54 Å². The molecule has 0 spiro atoms. The van der Waals surface area contributed by atoms with Crippen LogP contribution < -0.4 is 14.8 Å². The maximum Gasteiger partial charge on any atom is 0.161 e. The largest absolute Gasteiger partial charge is 0.493 e. The van der Waals surface area contributed by atoms with Gasteiger partial charge in [-0.3, -0.25) is 0 Å². The van der Waals surface area contributed by atoms with Crippen LogP contribution in [0.3, 0.4) is 0 Å². The number of ether oxygens (including phenoxy) is 2. The van der Waals surface area contributed by atoms with E-state index in [4.69, 9.17) is 9.47 Å². The number of methoxy groups -OCH3 is 1. The highest BCUT2D eigenvalue weighted by Crippen LogP contribution is 2.28. The Bertz CT molecular complexity index is 392. The minimum atomic E-state index is 0.242. The van der Waals surface area contributed by atoms with Crippen LogP contribution in [0.4, 0.5) is 0 Å². The summed E-state index contributed by atoms with van der Waals surface area (Å²) in [6.07, 6.45) is 3.44. The van der Waals surface area contributed by atoms with Gasteiger partial charge in [-0.1, -0.05) is 26.8 Å². The zero-order valence-electron chi connectivity index (χ0n) is 13.6. The second kappa shape index (κ2) is 8.15. The Morgan fingerprint density at radius 2 is 1.65 bits per heavy atom. The lowest BCUT2D eigenvalue weighted by molar-refractivity contribution is 0.287. The number of hydrogen-bond donors (Lipinski definition) is 1. The maximum atomic E-state index is 5.55. The van der Waals surface area contributed by atoms with Gasteiger partial charge >= 0.3 is 0 Å².